The van der Waals surface area contributed by atoms with Gasteiger partial charge in [-0.3, -0.25) is 15.5 Å². The zero-order valence-electron chi connectivity index (χ0n) is 12.1. The first-order valence-electron chi connectivity index (χ1n) is 6.44. The molecule has 1 amide bonds. The first-order valence-corrected chi connectivity index (χ1v) is 7.57. The van der Waals surface area contributed by atoms with E-state index in [1.54, 1.807) is 12.1 Å². The highest BCUT2D eigenvalue weighted by Gasteiger charge is 2.36. The van der Waals surface area contributed by atoms with Gasteiger partial charge in [0.25, 0.3) is 5.91 Å². The summed E-state index contributed by atoms with van der Waals surface area (Å²) < 4.78 is -1.74. The second-order valence-electron chi connectivity index (χ2n) is 5.07. The summed E-state index contributed by atoms with van der Waals surface area (Å²) in [5.74, 6) is 0.113. The molecule has 0 spiro atoms. The molecule has 0 aliphatic rings. The predicted molar refractivity (Wildman–Crippen MR) is 87.7 cm³/mol. The topological polar surface area (TPSA) is 69.1 Å². The van der Waals surface area contributed by atoms with Gasteiger partial charge in [0.05, 0.1) is 5.92 Å². The van der Waals surface area contributed by atoms with E-state index >= 15 is 0 Å². The van der Waals surface area contributed by atoms with E-state index in [1.807, 2.05) is 32.9 Å². The average Bonchev–Trinajstić information content (AvgIpc) is 2.37. The summed E-state index contributed by atoms with van der Waals surface area (Å²) in [4.78, 5) is 15.0. The molecule has 0 heterocycles. The molecule has 0 aliphatic carbocycles. The van der Waals surface area contributed by atoms with Crippen molar-refractivity contribution < 1.29 is 9.79 Å². The molecular formula is C14H19Cl3N3O+. The Morgan fingerprint density at radius 1 is 1.24 bits per heavy atom. The van der Waals surface area contributed by atoms with Gasteiger partial charge < -0.3 is 5.32 Å². The third-order valence-electron chi connectivity index (χ3n) is 2.85. The monoisotopic (exact) mass is 350 g/mol. The summed E-state index contributed by atoms with van der Waals surface area (Å²) in [6.07, 6.45) is -0.932. The van der Waals surface area contributed by atoms with E-state index in [0.29, 0.717) is 11.4 Å². The van der Waals surface area contributed by atoms with E-state index in [9.17, 15) is 4.79 Å². The van der Waals surface area contributed by atoms with Gasteiger partial charge in [-0.1, -0.05) is 66.3 Å². The van der Waals surface area contributed by atoms with Crippen LogP contribution < -0.4 is 16.0 Å². The second-order valence-corrected chi connectivity index (χ2v) is 7.44. The molecule has 1 rings (SSSR count). The van der Waals surface area contributed by atoms with Crippen LogP contribution in [0.2, 0.25) is 0 Å². The summed E-state index contributed by atoms with van der Waals surface area (Å²) in [5, 5.41) is 2.63. The molecule has 7 heteroatoms. The number of benzene rings is 1. The number of carbonyl (C=O) groups is 1. The van der Waals surface area contributed by atoms with Gasteiger partial charge in [0.2, 0.25) is 15.8 Å². The van der Waals surface area contributed by atoms with Gasteiger partial charge in [-0.25, -0.2) is 0 Å². The fraction of sp³-hybridized carbons (Fsp3) is 0.429. The van der Waals surface area contributed by atoms with Gasteiger partial charge in [0.1, 0.15) is 0 Å². The highest BCUT2D eigenvalue weighted by Crippen LogP contribution is 2.27. The Labute approximate surface area is 139 Å². The summed E-state index contributed by atoms with van der Waals surface area (Å²) >= 11 is 17.7. The van der Waals surface area contributed by atoms with Crippen molar-refractivity contribution >= 4 is 46.5 Å². The molecule has 0 radical (unpaired) electrons. The Morgan fingerprint density at radius 2 is 1.76 bits per heavy atom. The molecule has 0 unspecified atom stereocenters. The van der Waals surface area contributed by atoms with E-state index in [-0.39, 0.29) is 11.8 Å². The maximum absolute atomic E-state index is 12.2. The summed E-state index contributed by atoms with van der Waals surface area (Å²) in [6, 6.07) is 7.08. The quantitative estimate of drug-likeness (QED) is 0.333. The van der Waals surface area contributed by atoms with Crippen LogP contribution in [0.3, 0.4) is 0 Å². The number of alkyl halides is 3. The van der Waals surface area contributed by atoms with Crippen molar-refractivity contribution in [2.24, 2.45) is 11.7 Å². The van der Waals surface area contributed by atoms with Gasteiger partial charge >= 0.3 is 0 Å². The highest BCUT2D eigenvalue weighted by molar-refractivity contribution is 6.68. The van der Waals surface area contributed by atoms with Crippen molar-refractivity contribution in [3.8, 4) is 0 Å². The van der Waals surface area contributed by atoms with Crippen LogP contribution in [0.1, 0.15) is 29.8 Å². The number of hydrogen-bond acceptors (Lipinski definition) is 1. The number of hydrogen-bond donors (Lipinski definition) is 3. The van der Waals surface area contributed by atoms with Crippen molar-refractivity contribution in [2.75, 3.05) is 0 Å². The number of rotatable bonds is 4. The molecular weight excluding hydrogens is 333 g/mol. The molecule has 4 nitrogen and oxygen atoms in total. The lowest BCUT2D eigenvalue weighted by Gasteiger charge is -2.20. The maximum atomic E-state index is 12.2. The molecule has 21 heavy (non-hydrogen) atoms. The lowest BCUT2D eigenvalue weighted by molar-refractivity contribution is -0.510. The summed E-state index contributed by atoms with van der Waals surface area (Å²) in [7, 11) is 0. The van der Waals surface area contributed by atoms with Gasteiger partial charge in [-0.2, -0.15) is 0 Å². The van der Waals surface area contributed by atoms with E-state index in [1.165, 1.54) is 0 Å². The van der Waals surface area contributed by atoms with Crippen molar-refractivity contribution in [2.45, 2.75) is 30.7 Å². The summed E-state index contributed by atoms with van der Waals surface area (Å²) in [6.45, 7) is 5.71. The van der Waals surface area contributed by atoms with E-state index in [0.717, 1.165) is 5.56 Å². The zero-order chi connectivity index (χ0) is 16.2. The van der Waals surface area contributed by atoms with Crippen LogP contribution >= 0.6 is 34.8 Å². The number of halogens is 3. The van der Waals surface area contributed by atoms with Crippen LogP contribution in [0.5, 0.6) is 0 Å². The smallest absolute Gasteiger partial charge is 0.254 e. The van der Waals surface area contributed by atoms with Gasteiger partial charge in [0.15, 0.2) is 0 Å². The van der Waals surface area contributed by atoms with Crippen LogP contribution in [0.4, 0.5) is 0 Å². The zero-order valence-corrected chi connectivity index (χ0v) is 14.4. The Kier molecular flexibility index (Phi) is 6.32. The van der Waals surface area contributed by atoms with Gasteiger partial charge in [0, 0.05) is 5.56 Å². The predicted octanol–water partition coefficient (Wildman–Crippen LogP) is 1.51. The van der Waals surface area contributed by atoms with E-state index in [2.05, 4.69) is 10.3 Å². The number of carbonyl (C=O) groups excluding carboxylic acids is 1. The van der Waals surface area contributed by atoms with Crippen molar-refractivity contribution in [1.29, 1.82) is 0 Å². The van der Waals surface area contributed by atoms with Crippen LogP contribution in [-0.2, 0) is 0 Å². The lowest BCUT2D eigenvalue weighted by Crippen LogP contribution is -2.89. The van der Waals surface area contributed by atoms with Gasteiger partial charge in [-0.05, 0) is 19.1 Å². The van der Waals surface area contributed by atoms with E-state index in [4.69, 9.17) is 40.5 Å². The normalized spacial score (nSPS) is 14.1. The van der Waals surface area contributed by atoms with Crippen LogP contribution in [0.15, 0.2) is 24.3 Å². The molecule has 1 atom stereocenters. The van der Waals surface area contributed by atoms with Crippen molar-refractivity contribution in [3.63, 3.8) is 0 Å². The molecule has 0 saturated heterocycles. The number of amides is 1. The molecule has 0 saturated carbocycles. The minimum Gasteiger partial charge on any atom is -0.310 e. The molecule has 116 valence electrons. The number of aryl methyl sites for hydroxylation is 1. The second kappa shape index (κ2) is 7.34. The molecule has 0 aliphatic heterocycles. The van der Waals surface area contributed by atoms with Crippen LogP contribution in [0.25, 0.3) is 0 Å². The third-order valence-corrected chi connectivity index (χ3v) is 3.50. The maximum Gasteiger partial charge on any atom is 0.254 e. The average molecular weight is 352 g/mol. The minimum atomic E-state index is -1.74. The SMILES string of the molecule is Cc1ccc(C(=O)N[C@@H]([NH+]=C(N)C(C)C)C(Cl)(Cl)Cl)cc1. The first-order chi connectivity index (χ1) is 9.61. The fourth-order valence-electron chi connectivity index (χ4n) is 1.45. The molecule has 0 bridgehead atoms. The summed E-state index contributed by atoms with van der Waals surface area (Å²) in [5.41, 5.74) is 7.36. The Hall–Kier alpha value is -0.970. The highest BCUT2D eigenvalue weighted by atomic mass is 35.6. The Bertz CT molecular complexity index is 521. The molecule has 1 aromatic rings. The molecule has 0 fully saturated rings. The number of amidine groups is 1. The number of nitrogens with two attached hydrogens (primary N) is 1. The van der Waals surface area contributed by atoms with Crippen LogP contribution in [0, 0.1) is 12.8 Å². The first kappa shape index (κ1) is 18.1. The molecule has 1 aromatic carbocycles. The van der Waals surface area contributed by atoms with Crippen molar-refractivity contribution in [1.82, 2.24) is 5.32 Å². The lowest BCUT2D eigenvalue weighted by atomic mass is 10.1. The third kappa shape index (κ3) is 5.73. The Balaban J connectivity index is 2.94. The largest absolute Gasteiger partial charge is 0.310 e. The van der Waals surface area contributed by atoms with E-state index < -0.39 is 9.96 Å². The van der Waals surface area contributed by atoms with Gasteiger partial charge in [-0.15, -0.1) is 0 Å². The molecule has 4 N–H and O–H groups in total. The molecule has 0 aromatic heterocycles. The minimum absolute atomic E-state index is 0.0381. The van der Waals surface area contributed by atoms with Crippen LogP contribution in [-0.4, -0.2) is 21.7 Å². The number of nitrogens with one attached hydrogen (secondary N) is 2. The standard InChI is InChI=1S/C14H18Cl3N3O/c1-8(2)11(18)19-13(14(15,16)17)20-12(21)10-6-4-9(3)5-7-10/h4-8,13H,1-3H3,(H2,18,19)(H,20,21)/p+1/t13-/m1/s1. The Morgan fingerprint density at radius 3 is 2.19 bits per heavy atom. The van der Waals surface area contributed by atoms with Crippen molar-refractivity contribution in [3.05, 3.63) is 35.4 Å². The fourth-order valence-corrected chi connectivity index (χ4v) is 1.78.